The van der Waals surface area contributed by atoms with Gasteiger partial charge in [0.15, 0.2) is 0 Å². The summed E-state index contributed by atoms with van der Waals surface area (Å²) in [5, 5.41) is 4.85. The van der Waals surface area contributed by atoms with E-state index in [9.17, 15) is 0 Å². The molecule has 0 fully saturated rings. The van der Waals surface area contributed by atoms with Gasteiger partial charge < -0.3 is 11.5 Å². The third-order valence-electron chi connectivity index (χ3n) is 9.01. The van der Waals surface area contributed by atoms with Gasteiger partial charge in [0.25, 0.3) is 0 Å². The van der Waals surface area contributed by atoms with Crippen molar-refractivity contribution in [3.8, 4) is 55.6 Å². The summed E-state index contributed by atoms with van der Waals surface area (Å²) in [6.07, 6.45) is 0. The maximum Gasteiger partial charge on any atom is 0.0400 e. The second-order valence-electron chi connectivity index (χ2n) is 11.7. The van der Waals surface area contributed by atoms with E-state index >= 15 is 0 Å². The molecule has 0 unspecified atom stereocenters. The number of nitrogen functional groups attached to an aromatic ring is 2. The fraction of sp³-hybridized carbons (Fsp3) is 0. The lowest BCUT2D eigenvalue weighted by atomic mass is 9.81. The van der Waals surface area contributed by atoms with Gasteiger partial charge in [0, 0.05) is 22.5 Å². The molecule has 8 aromatic rings. The first kappa shape index (κ1) is 27.4. The normalized spacial score (nSPS) is 11.2. The molecular weight excluding hydrogens is 556 g/mol. The summed E-state index contributed by atoms with van der Waals surface area (Å²) < 4.78 is 0. The van der Waals surface area contributed by atoms with Crippen LogP contribution in [0.1, 0.15) is 0 Å². The van der Waals surface area contributed by atoms with Crippen LogP contribution in [0.2, 0.25) is 0 Å². The molecule has 0 bridgehead atoms. The van der Waals surface area contributed by atoms with Crippen LogP contribution in [-0.4, -0.2) is 0 Å². The van der Waals surface area contributed by atoms with Gasteiger partial charge in [-0.15, -0.1) is 0 Å². The first-order chi connectivity index (χ1) is 22.7. The first-order valence-electron chi connectivity index (χ1n) is 15.6. The van der Waals surface area contributed by atoms with Gasteiger partial charge in [-0.3, -0.25) is 0 Å². The minimum Gasteiger partial charge on any atom is -0.399 e. The molecule has 4 N–H and O–H groups in total. The van der Waals surface area contributed by atoms with E-state index in [2.05, 4.69) is 152 Å². The van der Waals surface area contributed by atoms with E-state index in [1.54, 1.807) is 0 Å². The van der Waals surface area contributed by atoms with Crippen LogP contribution in [0.15, 0.2) is 170 Å². The highest BCUT2D eigenvalue weighted by Crippen LogP contribution is 2.49. The lowest BCUT2D eigenvalue weighted by Crippen LogP contribution is -1.99. The van der Waals surface area contributed by atoms with Crippen LogP contribution < -0.4 is 11.5 Å². The van der Waals surface area contributed by atoms with Crippen LogP contribution in [0, 0.1) is 0 Å². The Morgan fingerprint density at radius 2 is 0.717 bits per heavy atom. The zero-order valence-electron chi connectivity index (χ0n) is 25.3. The molecule has 2 nitrogen and oxygen atoms in total. The highest BCUT2D eigenvalue weighted by molar-refractivity contribution is 6.10. The second-order valence-corrected chi connectivity index (χ2v) is 11.7. The smallest absolute Gasteiger partial charge is 0.0400 e. The molecule has 0 aromatic heterocycles. The Morgan fingerprint density at radius 3 is 1.28 bits per heavy atom. The largest absolute Gasteiger partial charge is 0.399 e. The first-order valence-corrected chi connectivity index (χ1v) is 15.6. The summed E-state index contributed by atoms with van der Waals surface area (Å²) in [6.45, 7) is 0. The Balaban J connectivity index is 1.48. The van der Waals surface area contributed by atoms with Crippen molar-refractivity contribution in [2.24, 2.45) is 0 Å². The molecule has 46 heavy (non-hydrogen) atoms. The molecular formula is C44H32N2. The summed E-state index contributed by atoms with van der Waals surface area (Å²) in [6, 6.07) is 59.9. The number of fused-ring (bicyclic) bond motifs is 2. The molecule has 8 rings (SSSR count). The van der Waals surface area contributed by atoms with E-state index < -0.39 is 0 Å². The third-order valence-corrected chi connectivity index (χ3v) is 9.01. The standard InChI is InChI=1S/C44H32N2/c45-32-25-23-31(24-26-32)35-27-28-42(46)44(41-20-8-6-18-39(41)37-22-10-14-30-12-2-4-16-34(30)37)43(35)40-19-7-5-17-38(40)36-21-9-13-29-11-1-3-15-33(29)36/h1-28H,45-46H2. The highest BCUT2D eigenvalue weighted by atomic mass is 14.6. The number of anilines is 2. The summed E-state index contributed by atoms with van der Waals surface area (Å²) in [5.41, 5.74) is 25.9. The van der Waals surface area contributed by atoms with Crippen LogP contribution in [-0.2, 0) is 0 Å². The fourth-order valence-electron chi connectivity index (χ4n) is 6.88. The molecule has 0 aliphatic heterocycles. The summed E-state index contributed by atoms with van der Waals surface area (Å²) in [7, 11) is 0. The molecule has 0 amide bonds. The van der Waals surface area contributed by atoms with Gasteiger partial charge in [-0.25, -0.2) is 0 Å². The quantitative estimate of drug-likeness (QED) is 0.197. The lowest BCUT2D eigenvalue weighted by molar-refractivity contribution is 1.54. The molecule has 0 aliphatic carbocycles. The predicted octanol–water partition coefficient (Wildman–Crippen LogP) is 11.5. The van der Waals surface area contributed by atoms with Gasteiger partial charge in [-0.05, 0) is 84.3 Å². The average Bonchev–Trinajstić information content (AvgIpc) is 3.11. The molecule has 0 saturated carbocycles. The lowest BCUT2D eigenvalue weighted by Gasteiger charge is -2.23. The predicted molar refractivity (Wildman–Crippen MR) is 197 cm³/mol. The molecule has 8 aromatic carbocycles. The van der Waals surface area contributed by atoms with Gasteiger partial charge in [-0.1, -0.05) is 152 Å². The molecule has 0 saturated heterocycles. The van der Waals surface area contributed by atoms with Gasteiger partial charge in [0.1, 0.15) is 0 Å². The Morgan fingerprint density at radius 1 is 0.283 bits per heavy atom. The zero-order valence-corrected chi connectivity index (χ0v) is 25.3. The third kappa shape index (κ3) is 4.68. The maximum atomic E-state index is 7.08. The number of hydrogen-bond donors (Lipinski definition) is 2. The van der Waals surface area contributed by atoms with Crippen LogP contribution >= 0.6 is 0 Å². The molecule has 0 spiro atoms. The SMILES string of the molecule is Nc1ccc(-c2ccc(N)c(-c3ccccc3-c3cccc4ccccc34)c2-c2ccccc2-c2cccc3ccccc23)cc1. The van der Waals surface area contributed by atoms with Crippen molar-refractivity contribution in [1.82, 2.24) is 0 Å². The number of rotatable bonds is 5. The maximum absolute atomic E-state index is 7.08. The van der Waals surface area contributed by atoms with Crippen molar-refractivity contribution < 1.29 is 0 Å². The van der Waals surface area contributed by atoms with Crippen molar-refractivity contribution in [2.75, 3.05) is 11.5 Å². The summed E-state index contributed by atoms with van der Waals surface area (Å²) in [5.74, 6) is 0. The van der Waals surface area contributed by atoms with Gasteiger partial charge in [0.05, 0.1) is 0 Å². The molecule has 0 radical (unpaired) electrons. The average molecular weight is 589 g/mol. The van der Waals surface area contributed by atoms with Crippen molar-refractivity contribution >= 4 is 32.9 Å². The van der Waals surface area contributed by atoms with Crippen molar-refractivity contribution in [3.05, 3.63) is 170 Å². The Hall–Kier alpha value is -6.12. The second kappa shape index (κ2) is 11.4. The molecule has 218 valence electrons. The zero-order chi connectivity index (χ0) is 31.0. The van der Waals surface area contributed by atoms with Crippen LogP contribution in [0.4, 0.5) is 11.4 Å². The van der Waals surface area contributed by atoms with Crippen molar-refractivity contribution in [3.63, 3.8) is 0 Å². The van der Waals surface area contributed by atoms with Crippen LogP contribution in [0.5, 0.6) is 0 Å². The number of benzene rings is 8. The Labute approximate surface area is 269 Å². The highest BCUT2D eigenvalue weighted by Gasteiger charge is 2.23. The van der Waals surface area contributed by atoms with E-state index in [0.717, 1.165) is 55.9 Å². The van der Waals surface area contributed by atoms with E-state index in [1.807, 2.05) is 18.2 Å². The molecule has 0 aliphatic rings. The molecule has 0 heterocycles. The van der Waals surface area contributed by atoms with Crippen molar-refractivity contribution in [2.45, 2.75) is 0 Å². The monoisotopic (exact) mass is 588 g/mol. The fourth-order valence-corrected chi connectivity index (χ4v) is 6.88. The summed E-state index contributed by atoms with van der Waals surface area (Å²) in [4.78, 5) is 0. The van der Waals surface area contributed by atoms with E-state index in [0.29, 0.717) is 0 Å². The summed E-state index contributed by atoms with van der Waals surface area (Å²) >= 11 is 0. The number of hydrogen-bond acceptors (Lipinski definition) is 2. The molecule has 2 heteroatoms. The Kier molecular flexibility index (Phi) is 6.81. The van der Waals surface area contributed by atoms with Gasteiger partial charge in [-0.2, -0.15) is 0 Å². The van der Waals surface area contributed by atoms with Gasteiger partial charge >= 0.3 is 0 Å². The van der Waals surface area contributed by atoms with Crippen molar-refractivity contribution in [1.29, 1.82) is 0 Å². The van der Waals surface area contributed by atoms with Crippen LogP contribution in [0.3, 0.4) is 0 Å². The van der Waals surface area contributed by atoms with Gasteiger partial charge in [0.2, 0.25) is 0 Å². The van der Waals surface area contributed by atoms with Crippen LogP contribution in [0.25, 0.3) is 77.2 Å². The van der Waals surface area contributed by atoms with E-state index in [1.165, 1.54) is 32.7 Å². The Bertz CT molecular complexity index is 2370. The minimum absolute atomic E-state index is 0.731. The topological polar surface area (TPSA) is 52.0 Å². The molecule has 0 atom stereocenters. The minimum atomic E-state index is 0.731. The number of nitrogens with two attached hydrogens (primary N) is 2. The van der Waals surface area contributed by atoms with E-state index in [-0.39, 0.29) is 0 Å². The van der Waals surface area contributed by atoms with E-state index in [4.69, 9.17) is 11.5 Å².